The number of pyridine rings is 1. The van der Waals surface area contributed by atoms with Gasteiger partial charge in [-0.15, -0.1) is 0 Å². The molecule has 0 radical (unpaired) electrons. The van der Waals surface area contributed by atoms with Crippen molar-refractivity contribution < 1.29 is 13.2 Å². The number of hydrogen-bond donors (Lipinski definition) is 1. The molecule has 5 heteroatoms. The molecule has 84 valence electrons. The predicted octanol–water partition coefficient (Wildman–Crippen LogP) is 2.51. The molecule has 1 rings (SSSR count). The molecule has 0 saturated heterocycles. The zero-order chi connectivity index (χ0) is 11.3. The van der Waals surface area contributed by atoms with Crippen LogP contribution in [0.2, 0.25) is 0 Å². The van der Waals surface area contributed by atoms with Crippen molar-refractivity contribution in [1.82, 2.24) is 10.3 Å². The largest absolute Gasteiger partial charge is 0.390 e. The second-order valence-corrected chi connectivity index (χ2v) is 3.46. The molecular weight excluding hydrogens is 205 g/mol. The second-order valence-electron chi connectivity index (χ2n) is 3.46. The van der Waals surface area contributed by atoms with Crippen LogP contribution in [0.3, 0.4) is 0 Å². The number of nitrogens with zero attached hydrogens (tertiary/aromatic N) is 1. The van der Waals surface area contributed by atoms with Crippen molar-refractivity contribution in [1.29, 1.82) is 0 Å². The summed E-state index contributed by atoms with van der Waals surface area (Å²) in [5.41, 5.74) is 0.881. The number of alkyl halides is 3. The Morgan fingerprint density at radius 1 is 1.47 bits per heavy atom. The topological polar surface area (TPSA) is 24.9 Å². The quantitative estimate of drug-likeness (QED) is 0.839. The molecule has 0 amide bonds. The maximum atomic E-state index is 12.0. The van der Waals surface area contributed by atoms with Crippen LogP contribution in [0.15, 0.2) is 24.5 Å². The summed E-state index contributed by atoms with van der Waals surface area (Å²) in [6.45, 7) is 1.93. The van der Waals surface area contributed by atoms with Gasteiger partial charge in [0.1, 0.15) is 0 Å². The Morgan fingerprint density at radius 3 is 2.73 bits per heavy atom. The molecule has 0 fully saturated rings. The van der Waals surface area contributed by atoms with Gasteiger partial charge >= 0.3 is 6.18 Å². The molecule has 0 aromatic carbocycles. The van der Waals surface area contributed by atoms with Gasteiger partial charge in [0.2, 0.25) is 0 Å². The van der Waals surface area contributed by atoms with Gasteiger partial charge in [-0.1, -0.05) is 6.07 Å². The van der Waals surface area contributed by atoms with Gasteiger partial charge in [-0.25, -0.2) is 0 Å². The van der Waals surface area contributed by atoms with E-state index in [1.165, 1.54) is 6.92 Å². The Balaban J connectivity index is 2.32. The summed E-state index contributed by atoms with van der Waals surface area (Å²) in [5, 5.41) is 2.80. The molecule has 0 aliphatic carbocycles. The zero-order valence-corrected chi connectivity index (χ0v) is 8.38. The summed E-state index contributed by atoms with van der Waals surface area (Å²) in [7, 11) is 0. The van der Waals surface area contributed by atoms with Crippen molar-refractivity contribution in [3.05, 3.63) is 30.1 Å². The van der Waals surface area contributed by atoms with E-state index in [2.05, 4.69) is 10.3 Å². The number of hydrogen-bond acceptors (Lipinski definition) is 2. The fraction of sp³-hybridized carbons (Fsp3) is 0.500. The van der Waals surface area contributed by atoms with Crippen LogP contribution in [0.1, 0.15) is 18.9 Å². The highest BCUT2D eigenvalue weighted by molar-refractivity contribution is 5.07. The Labute approximate surface area is 86.5 Å². The Morgan fingerprint density at radius 2 is 2.20 bits per heavy atom. The first-order valence-electron chi connectivity index (χ1n) is 4.66. The molecule has 0 aliphatic heterocycles. The van der Waals surface area contributed by atoms with Gasteiger partial charge in [-0.3, -0.25) is 4.98 Å². The third-order valence-corrected chi connectivity index (χ3v) is 1.92. The van der Waals surface area contributed by atoms with Crippen LogP contribution in [-0.4, -0.2) is 17.2 Å². The lowest BCUT2D eigenvalue weighted by molar-refractivity contribution is -0.139. The van der Waals surface area contributed by atoms with Crippen molar-refractivity contribution in [2.75, 3.05) is 0 Å². The van der Waals surface area contributed by atoms with Crippen LogP contribution in [-0.2, 0) is 6.54 Å². The molecule has 2 nitrogen and oxygen atoms in total. The molecule has 0 aliphatic rings. The van der Waals surface area contributed by atoms with Crippen molar-refractivity contribution in [3.8, 4) is 0 Å². The molecule has 1 heterocycles. The predicted molar refractivity (Wildman–Crippen MR) is 51.2 cm³/mol. The normalized spacial score (nSPS) is 13.9. The van der Waals surface area contributed by atoms with Crippen LogP contribution in [0.25, 0.3) is 0 Å². The average molecular weight is 218 g/mol. The first-order valence-corrected chi connectivity index (χ1v) is 4.66. The lowest BCUT2D eigenvalue weighted by Gasteiger charge is -2.15. The lowest BCUT2D eigenvalue weighted by Crippen LogP contribution is -2.30. The minimum Gasteiger partial charge on any atom is -0.310 e. The third kappa shape index (κ3) is 5.37. The Hall–Kier alpha value is -1.10. The lowest BCUT2D eigenvalue weighted by atomic mass is 10.2. The minimum absolute atomic E-state index is 0.408. The van der Waals surface area contributed by atoms with Gasteiger partial charge in [0, 0.05) is 25.0 Å². The van der Waals surface area contributed by atoms with Gasteiger partial charge in [0.05, 0.1) is 6.42 Å². The maximum absolute atomic E-state index is 12.0. The minimum atomic E-state index is -4.11. The van der Waals surface area contributed by atoms with Crippen molar-refractivity contribution in [2.24, 2.45) is 0 Å². The SMILES string of the molecule is CC(CC(F)(F)F)NCc1cccnc1. The molecule has 1 atom stereocenters. The molecule has 15 heavy (non-hydrogen) atoms. The van der Waals surface area contributed by atoms with E-state index < -0.39 is 18.6 Å². The van der Waals surface area contributed by atoms with Gasteiger partial charge in [0.25, 0.3) is 0 Å². The van der Waals surface area contributed by atoms with Crippen LogP contribution in [0, 0.1) is 0 Å². The van der Waals surface area contributed by atoms with E-state index in [1.807, 2.05) is 6.07 Å². The summed E-state index contributed by atoms with van der Waals surface area (Å²) in [6, 6.07) is 3.00. The monoisotopic (exact) mass is 218 g/mol. The first-order chi connectivity index (χ1) is 6.97. The average Bonchev–Trinajstić information content (AvgIpc) is 2.14. The van der Waals surface area contributed by atoms with Crippen molar-refractivity contribution in [2.45, 2.75) is 32.1 Å². The van der Waals surface area contributed by atoms with E-state index >= 15 is 0 Å². The summed E-state index contributed by atoms with van der Waals surface area (Å²) in [5.74, 6) is 0. The van der Waals surface area contributed by atoms with Gasteiger partial charge in [-0.05, 0) is 18.6 Å². The van der Waals surface area contributed by atoms with Crippen LogP contribution >= 0.6 is 0 Å². The Kier molecular flexibility index (Phi) is 4.08. The molecule has 0 spiro atoms. The molecule has 0 saturated carbocycles. The van der Waals surface area contributed by atoms with E-state index in [1.54, 1.807) is 18.5 Å². The van der Waals surface area contributed by atoms with Crippen LogP contribution in [0.5, 0.6) is 0 Å². The molecular formula is C10H13F3N2. The van der Waals surface area contributed by atoms with Crippen molar-refractivity contribution >= 4 is 0 Å². The number of nitrogens with one attached hydrogen (secondary N) is 1. The standard InChI is InChI=1S/C10H13F3N2/c1-8(5-10(11,12)13)15-7-9-3-2-4-14-6-9/h2-4,6,8,15H,5,7H2,1H3. The van der Waals surface area contributed by atoms with E-state index in [4.69, 9.17) is 0 Å². The summed E-state index contributed by atoms with van der Waals surface area (Å²) in [4.78, 5) is 3.87. The maximum Gasteiger partial charge on any atom is 0.390 e. The fourth-order valence-corrected chi connectivity index (χ4v) is 1.21. The van der Waals surface area contributed by atoms with E-state index in [9.17, 15) is 13.2 Å². The first kappa shape index (κ1) is 12.0. The van der Waals surface area contributed by atoms with E-state index in [0.717, 1.165) is 5.56 Å². The van der Waals surface area contributed by atoms with Crippen molar-refractivity contribution in [3.63, 3.8) is 0 Å². The molecule has 1 aromatic rings. The highest BCUT2D eigenvalue weighted by atomic mass is 19.4. The fourth-order valence-electron chi connectivity index (χ4n) is 1.21. The second kappa shape index (κ2) is 5.11. The Bertz CT molecular complexity index is 284. The summed E-state index contributed by atoms with van der Waals surface area (Å²) >= 11 is 0. The molecule has 0 bridgehead atoms. The van der Waals surface area contributed by atoms with Crippen LogP contribution in [0.4, 0.5) is 13.2 Å². The van der Waals surface area contributed by atoms with Gasteiger partial charge < -0.3 is 5.32 Å². The molecule has 1 unspecified atom stereocenters. The molecule has 1 N–H and O–H groups in total. The highest BCUT2D eigenvalue weighted by Gasteiger charge is 2.29. The van der Waals surface area contributed by atoms with E-state index in [-0.39, 0.29) is 0 Å². The zero-order valence-electron chi connectivity index (χ0n) is 8.38. The number of aromatic nitrogens is 1. The van der Waals surface area contributed by atoms with Gasteiger partial charge in [-0.2, -0.15) is 13.2 Å². The molecule has 1 aromatic heterocycles. The van der Waals surface area contributed by atoms with Crippen LogP contribution < -0.4 is 5.32 Å². The number of halogens is 3. The summed E-state index contributed by atoms with van der Waals surface area (Å²) in [6.07, 6.45) is -1.66. The highest BCUT2D eigenvalue weighted by Crippen LogP contribution is 2.21. The van der Waals surface area contributed by atoms with Gasteiger partial charge in [0.15, 0.2) is 0 Å². The number of rotatable bonds is 4. The summed E-state index contributed by atoms with van der Waals surface area (Å²) < 4.78 is 35.9. The third-order valence-electron chi connectivity index (χ3n) is 1.92. The van der Waals surface area contributed by atoms with E-state index in [0.29, 0.717) is 6.54 Å². The smallest absolute Gasteiger partial charge is 0.310 e.